The van der Waals surface area contributed by atoms with Gasteiger partial charge in [-0.3, -0.25) is 9.78 Å². The maximum absolute atomic E-state index is 13.9. The Labute approximate surface area is 264 Å². The van der Waals surface area contributed by atoms with Gasteiger partial charge in [-0.05, 0) is 56.2 Å². The molecule has 0 aliphatic carbocycles. The highest BCUT2D eigenvalue weighted by Gasteiger charge is 2.40. The molecule has 10 nitrogen and oxygen atoms in total. The Bertz CT molecular complexity index is 1940. The first-order chi connectivity index (χ1) is 21.2. The maximum atomic E-state index is 13.9. The van der Waals surface area contributed by atoms with Crippen LogP contribution < -0.4 is 10.1 Å². The molecule has 13 heteroatoms. The predicted molar refractivity (Wildman–Crippen MR) is 167 cm³/mol. The van der Waals surface area contributed by atoms with Gasteiger partial charge >= 0.3 is 0 Å². The van der Waals surface area contributed by atoms with Crippen LogP contribution in [-0.4, -0.2) is 50.7 Å². The number of para-hydroxylation sites is 1. The van der Waals surface area contributed by atoms with Gasteiger partial charge in [0, 0.05) is 46.8 Å². The minimum Gasteiger partial charge on any atom is -0.487 e. The van der Waals surface area contributed by atoms with Crippen LogP contribution >= 0.6 is 23.2 Å². The molecule has 0 bridgehead atoms. The third kappa shape index (κ3) is 5.88. The molecule has 1 amide bonds. The molecule has 0 saturated carbocycles. The highest BCUT2D eigenvalue weighted by Crippen LogP contribution is 2.37. The van der Waals surface area contributed by atoms with Crippen molar-refractivity contribution in [1.82, 2.24) is 29.1 Å². The second-order valence-corrected chi connectivity index (χ2v) is 13.0. The molecule has 1 aliphatic rings. The summed E-state index contributed by atoms with van der Waals surface area (Å²) in [6.45, 7) is 2.17. The van der Waals surface area contributed by atoms with Crippen LogP contribution in [0.3, 0.4) is 0 Å². The fourth-order valence-corrected chi connectivity index (χ4v) is 7.85. The number of pyridine rings is 2. The van der Waals surface area contributed by atoms with Crippen LogP contribution in [-0.2, 0) is 28.0 Å². The Hall–Kier alpha value is -4.03. The van der Waals surface area contributed by atoms with Crippen molar-refractivity contribution in [3.05, 3.63) is 107 Å². The van der Waals surface area contributed by atoms with Crippen LogP contribution in [0.2, 0.25) is 10.0 Å². The number of rotatable bonds is 9. The van der Waals surface area contributed by atoms with Gasteiger partial charge in [-0.25, -0.2) is 18.4 Å². The van der Waals surface area contributed by atoms with Gasteiger partial charge in [0.2, 0.25) is 15.9 Å². The summed E-state index contributed by atoms with van der Waals surface area (Å²) >= 11 is 13.3. The second-order valence-electron chi connectivity index (χ2n) is 10.3. The molecular formula is C31H28Cl2N6O4S. The summed E-state index contributed by atoms with van der Waals surface area (Å²) in [6, 6.07) is 14.9. The summed E-state index contributed by atoms with van der Waals surface area (Å²) in [7, 11) is -4.15. The molecule has 226 valence electrons. The molecule has 1 fully saturated rings. The van der Waals surface area contributed by atoms with E-state index in [0.29, 0.717) is 35.4 Å². The lowest BCUT2D eigenvalue weighted by Crippen LogP contribution is -2.45. The van der Waals surface area contributed by atoms with Crippen molar-refractivity contribution in [2.45, 2.75) is 43.9 Å². The van der Waals surface area contributed by atoms with Gasteiger partial charge in [0.05, 0.1) is 29.3 Å². The van der Waals surface area contributed by atoms with Crippen LogP contribution in [0.25, 0.3) is 16.6 Å². The molecule has 5 aromatic rings. The molecule has 44 heavy (non-hydrogen) atoms. The van der Waals surface area contributed by atoms with E-state index in [9.17, 15) is 13.2 Å². The van der Waals surface area contributed by atoms with E-state index < -0.39 is 16.1 Å². The fourth-order valence-electron chi connectivity index (χ4n) is 5.33. The van der Waals surface area contributed by atoms with Crippen molar-refractivity contribution in [3.8, 4) is 11.4 Å². The van der Waals surface area contributed by atoms with Crippen molar-refractivity contribution >= 4 is 50.0 Å². The van der Waals surface area contributed by atoms with Crippen LogP contribution in [0, 0.1) is 6.92 Å². The van der Waals surface area contributed by atoms with E-state index in [2.05, 4.69) is 15.3 Å². The van der Waals surface area contributed by atoms with Gasteiger partial charge in [0.15, 0.2) is 0 Å². The Morgan fingerprint density at radius 2 is 1.98 bits per heavy atom. The smallest absolute Gasteiger partial charge is 0.245 e. The van der Waals surface area contributed by atoms with E-state index in [4.69, 9.17) is 32.9 Å². The lowest BCUT2D eigenvalue weighted by Gasteiger charge is -2.24. The number of sulfonamides is 1. The summed E-state index contributed by atoms with van der Waals surface area (Å²) in [5, 5.41) is 3.85. The Morgan fingerprint density at radius 1 is 1.11 bits per heavy atom. The molecule has 6 rings (SSSR count). The zero-order chi connectivity index (χ0) is 30.8. The average molecular weight is 652 g/mol. The molecule has 1 saturated heterocycles. The largest absolute Gasteiger partial charge is 0.487 e. The van der Waals surface area contributed by atoms with Crippen molar-refractivity contribution in [1.29, 1.82) is 0 Å². The Kier molecular flexibility index (Phi) is 8.55. The molecule has 1 N–H and O–H groups in total. The number of ether oxygens (including phenoxy) is 1. The summed E-state index contributed by atoms with van der Waals surface area (Å²) in [4.78, 5) is 26.0. The van der Waals surface area contributed by atoms with Gasteiger partial charge < -0.3 is 14.6 Å². The van der Waals surface area contributed by atoms with Crippen LogP contribution in [0.1, 0.15) is 29.8 Å². The number of nitrogens with zero attached hydrogens (tertiary/aromatic N) is 5. The van der Waals surface area contributed by atoms with E-state index in [0.717, 1.165) is 16.8 Å². The zero-order valence-corrected chi connectivity index (χ0v) is 26.0. The first-order valence-electron chi connectivity index (χ1n) is 13.9. The number of hydrogen-bond acceptors (Lipinski definition) is 7. The number of aryl methyl sites for hydroxylation is 1. The molecule has 2 aromatic carbocycles. The highest BCUT2D eigenvalue weighted by atomic mass is 35.5. The molecule has 3 aromatic heterocycles. The highest BCUT2D eigenvalue weighted by molar-refractivity contribution is 7.89. The summed E-state index contributed by atoms with van der Waals surface area (Å²) in [5.41, 5.74) is 3.29. The van der Waals surface area contributed by atoms with Crippen molar-refractivity contribution in [2.24, 2.45) is 0 Å². The molecule has 1 atom stereocenters. The quantitative estimate of drug-likeness (QED) is 0.224. The molecule has 0 spiro atoms. The number of amides is 1. The Balaban J connectivity index is 1.25. The molecule has 1 unspecified atom stereocenters. The first-order valence-corrected chi connectivity index (χ1v) is 16.1. The van der Waals surface area contributed by atoms with E-state index in [1.165, 1.54) is 16.4 Å². The van der Waals surface area contributed by atoms with Gasteiger partial charge in [0.25, 0.3) is 0 Å². The third-order valence-electron chi connectivity index (χ3n) is 7.48. The van der Waals surface area contributed by atoms with E-state index in [1.807, 2.05) is 42.0 Å². The number of carbonyl (C=O) groups is 1. The van der Waals surface area contributed by atoms with Gasteiger partial charge in [-0.1, -0.05) is 41.4 Å². The lowest BCUT2D eigenvalue weighted by molar-refractivity contribution is -0.124. The predicted octanol–water partition coefficient (Wildman–Crippen LogP) is 5.48. The van der Waals surface area contributed by atoms with Crippen LogP contribution in [0.15, 0.2) is 84.4 Å². The van der Waals surface area contributed by atoms with Crippen molar-refractivity contribution in [2.75, 3.05) is 6.54 Å². The number of carbonyl (C=O) groups excluding carboxylic acids is 1. The first kappa shape index (κ1) is 30.0. The second kappa shape index (κ2) is 12.5. The number of halogens is 2. The van der Waals surface area contributed by atoms with E-state index >= 15 is 0 Å². The van der Waals surface area contributed by atoms with Crippen molar-refractivity contribution < 1.29 is 17.9 Å². The number of aromatic nitrogens is 4. The third-order valence-corrected chi connectivity index (χ3v) is 10.3. The molecule has 4 heterocycles. The molecule has 0 radical (unpaired) electrons. The summed E-state index contributed by atoms with van der Waals surface area (Å²) in [6.07, 6.45) is 7.82. The number of imidazole rings is 1. The monoisotopic (exact) mass is 650 g/mol. The minimum atomic E-state index is -4.15. The average Bonchev–Trinajstić information content (AvgIpc) is 3.74. The SMILES string of the molecule is Cc1cc(-n2ccnc2)c2cccc(OCc3c(Cl)ccc(S(=O)(=O)N4CCCC4C(=O)NCc4ccccn4)c3Cl)c2n1. The number of nitrogens with one attached hydrogen (secondary N) is 1. The van der Waals surface area contributed by atoms with Gasteiger partial charge in [0.1, 0.15) is 28.8 Å². The molecule has 1 aliphatic heterocycles. The standard InChI is InChI=1S/C31H28Cl2N6O4S/c1-20-16-26(38-15-13-34-19-38)22-7-4-9-27(30(22)37-20)43-18-23-24(32)10-11-28(29(23)33)44(41,42)39-14-5-8-25(39)31(40)36-17-21-6-2-3-12-35-21/h2-4,6-7,9-13,15-16,19,25H,5,8,14,17-18H2,1H3,(H,36,40). The summed E-state index contributed by atoms with van der Waals surface area (Å²) < 4.78 is 37.1. The Morgan fingerprint density at radius 3 is 2.75 bits per heavy atom. The number of fused-ring (bicyclic) bond motifs is 1. The van der Waals surface area contributed by atoms with Gasteiger partial charge in [-0.2, -0.15) is 4.31 Å². The van der Waals surface area contributed by atoms with Crippen LogP contribution in [0.5, 0.6) is 5.75 Å². The van der Waals surface area contributed by atoms with E-state index in [-0.39, 0.29) is 40.5 Å². The topological polar surface area (TPSA) is 119 Å². The lowest BCUT2D eigenvalue weighted by atomic mass is 10.1. The number of benzene rings is 2. The maximum Gasteiger partial charge on any atom is 0.245 e. The van der Waals surface area contributed by atoms with Crippen LogP contribution in [0.4, 0.5) is 0 Å². The zero-order valence-electron chi connectivity index (χ0n) is 23.7. The van der Waals surface area contributed by atoms with Crippen molar-refractivity contribution in [3.63, 3.8) is 0 Å². The fraction of sp³-hybridized carbons (Fsp3) is 0.226. The van der Waals surface area contributed by atoms with Gasteiger partial charge in [-0.15, -0.1) is 0 Å². The normalized spacial score (nSPS) is 15.5. The molecular weight excluding hydrogens is 623 g/mol. The number of hydrogen-bond donors (Lipinski definition) is 1. The summed E-state index contributed by atoms with van der Waals surface area (Å²) in [5.74, 6) is 0.0938. The van der Waals surface area contributed by atoms with E-state index in [1.54, 1.807) is 36.9 Å². The minimum absolute atomic E-state index is 0.0551.